The highest BCUT2D eigenvalue weighted by Gasteiger charge is 2.25. The maximum absolute atomic E-state index is 12.9. The number of likely N-dealkylation sites (tertiary alicyclic amines) is 1. The van der Waals surface area contributed by atoms with Crippen molar-refractivity contribution in [3.8, 4) is 16.9 Å². The summed E-state index contributed by atoms with van der Waals surface area (Å²) in [5.41, 5.74) is 4.49. The molecule has 1 aromatic heterocycles. The van der Waals surface area contributed by atoms with E-state index in [2.05, 4.69) is 15.2 Å². The molecule has 1 fully saturated rings. The van der Waals surface area contributed by atoms with Crippen molar-refractivity contribution in [1.82, 2.24) is 14.5 Å². The molecule has 0 spiro atoms. The number of hydrogen-bond acceptors (Lipinski definition) is 4. The van der Waals surface area contributed by atoms with Gasteiger partial charge < -0.3 is 15.0 Å². The number of carbonyl (C=O) groups is 1. The summed E-state index contributed by atoms with van der Waals surface area (Å²) >= 11 is 0. The lowest BCUT2D eigenvalue weighted by Gasteiger charge is -2.32. The standard InChI is InChI=1S/C27H28N4O3/c1-34-25-12-11-20(19-7-3-2-4-8-19)17-23(25)28-26(32)18-30-15-13-21(14-16-30)31-24-10-6-5-9-22(24)29-27(31)33/h2-12,17,21H,13-16,18H2,1H3,(H,28,32)(H,29,33). The Morgan fingerprint density at radius 2 is 1.74 bits per heavy atom. The maximum Gasteiger partial charge on any atom is 0.326 e. The van der Waals surface area contributed by atoms with Crippen LogP contribution in [-0.4, -0.2) is 47.1 Å². The van der Waals surface area contributed by atoms with E-state index in [0.29, 0.717) is 18.0 Å². The Hall–Kier alpha value is -3.84. The number of amides is 1. The van der Waals surface area contributed by atoms with Crippen LogP contribution in [0.25, 0.3) is 22.2 Å². The second kappa shape index (κ2) is 9.57. The van der Waals surface area contributed by atoms with E-state index in [1.165, 1.54) is 0 Å². The van der Waals surface area contributed by atoms with Crippen molar-refractivity contribution in [1.29, 1.82) is 0 Å². The number of hydrogen-bond donors (Lipinski definition) is 2. The fraction of sp³-hybridized carbons (Fsp3) is 0.259. The number of nitrogens with one attached hydrogen (secondary N) is 2. The molecule has 0 unspecified atom stereocenters. The van der Waals surface area contributed by atoms with Crippen LogP contribution in [0.4, 0.5) is 5.69 Å². The first-order valence-corrected chi connectivity index (χ1v) is 11.6. The van der Waals surface area contributed by atoms with E-state index >= 15 is 0 Å². The van der Waals surface area contributed by atoms with Gasteiger partial charge in [-0.15, -0.1) is 0 Å². The lowest BCUT2D eigenvalue weighted by Crippen LogP contribution is -2.41. The van der Waals surface area contributed by atoms with Crippen molar-refractivity contribution in [2.45, 2.75) is 18.9 Å². The maximum atomic E-state index is 12.9. The van der Waals surface area contributed by atoms with Crippen molar-refractivity contribution in [2.24, 2.45) is 0 Å². The largest absolute Gasteiger partial charge is 0.495 e. The second-order valence-corrected chi connectivity index (χ2v) is 8.65. The van der Waals surface area contributed by atoms with E-state index in [4.69, 9.17) is 4.74 Å². The van der Waals surface area contributed by atoms with Gasteiger partial charge in [0.1, 0.15) is 5.75 Å². The molecule has 0 bridgehead atoms. The van der Waals surface area contributed by atoms with Gasteiger partial charge in [-0.2, -0.15) is 0 Å². The molecule has 2 heterocycles. The van der Waals surface area contributed by atoms with Crippen molar-refractivity contribution >= 4 is 22.6 Å². The van der Waals surface area contributed by atoms with E-state index in [-0.39, 0.29) is 17.6 Å². The molecular weight excluding hydrogens is 428 g/mol. The Morgan fingerprint density at radius 3 is 2.50 bits per heavy atom. The SMILES string of the molecule is COc1ccc(-c2ccccc2)cc1NC(=O)CN1CCC(n2c(=O)[nH]c3ccccc32)CC1. The van der Waals surface area contributed by atoms with E-state index < -0.39 is 0 Å². The fourth-order valence-corrected chi connectivity index (χ4v) is 4.78. The molecule has 0 saturated carbocycles. The number of carbonyl (C=O) groups excluding carboxylic acids is 1. The normalized spacial score (nSPS) is 14.9. The molecule has 34 heavy (non-hydrogen) atoms. The average molecular weight is 457 g/mol. The molecule has 174 valence electrons. The summed E-state index contributed by atoms with van der Waals surface area (Å²) in [6.45, 7) is 1.81. The van der Waals surface area contributed by atoms with Gasteiger partial charge in [-0.1, -0.05) is 48.5 Å². The molecule has 7 nitrogen and oxygen atoms in total. The molecule has 3 aromatic carbocycles. The smallest absolute Gasteiger partial charge is 0.326 e. The number of methoxy groups -OCH3 is 1. The van der Waals surface area contributed by atoms with Crippen molar-refractivity contribution in [3.05, 3.63) is 83.3 Å². The quantitative estimate of drug-likeness (QED) is 0.454. The van der Waals surface area contributed by atoms with Crippen LogP contribution in [0.2, 0.25) is 0 Å². The molecule has 1 aliphatic heterocycles. The van der Waals surface area contributed by atoms with E-state index in [0.717, 1.165) is 48.1 Å². The van der Waals surface area contributed by atoms with Crippen LogP contribution < -0.4 is 15.7 Å². The fourth-order valence-electron chi connectivity index (χ4n) is 4.78. The van der Waals surface area contributed by atoms with Gasteiger partial charge in [0.2, 0.25) is 5.91 Å². The molecule has 1 amide bonds. The summed E-state index contributed by atoms with van der Waals surface area (Å²) in [5, 5.41) is 3.03. The summed E-state index contributed by atoms with van der Waals surface area (Å²) in [7, 11) is 1.60. The summed E-state index contributed by atoms with van der Waals surface area (Å²) in [6.07, 6.45) is 1.64. The first kappa shape index (κ1) is 22.0. The van der Waals surface area contributed by atoms with E-state index in [9.17, 15) is 9.59 Å². The molecule has 0 atom stereocenters. The topological polar surface area (TPSA) is 79.4 Å². The van der Waals surface area contributed by atoms with Crippen molar-refractivity contribution in [2.75, 3.05) is 32.1 Å². The summed E-state index contributed by atoms with van der Waals surface area (Å²) in [5.74, 6) is 0.552. The third-order valence-electron chi connectivity index (χ3n) is 6.49. The summed E-state index contributed by atoms with van der Waals surface area (Å²) in [6, 6.07) is 23.8. The monoisotopic (exact) mass is 456 g/mol. The van der Waals surface area contributed by atoms with Crippen molar-refractivity contribution < 1.29 is 9.53 Å². The van der Waals surface area contributed by atoms with Crippen LogP contribution in [0.1, 0.15) is 18.9 Å². The number of para-hydroxylation sites is 2. The Morgan fingerprint density at radius 1 is 1.00 bits per heavy atom. The van der Waals surface area contributed by atoms with Gasteiger partial charge in [0.05, 0.1) is 30.4 Å². The molecule has 1 saturated heterocycles. The first-order valence-electron chi connectivity index (χ1n) is 11.6. The van der Waals surface area contributed by atoms with Crippen LogP contribution in [0.5, 0.6) is 5.75 Å². The number of ether oxygens (including phenoxy) is 1. The van der Waals surface area contributed by atoms with Gasteiger partial charge in [-0.3, -0.25) is 14.3 Å². The molecular formula is C27H28N4O3. The zero-order valence-electron chi connectivity index (χ0n) is 19.2. The molecule has 1 aliphatic rings. The van der Waals surface area contributed by atoms with Gasteiger partial charge in [0.15, 0.2) is 0 Å². The van der Waals surface area contributed by atoms with E-state index in [1.807, 2.05) is 77.4 Å². The molecule has 2 N–H and O–H groups in total. The third-order valence-corrected chi connectivity index (χ3v) is 6.49. The molecule has 7 heteroatoms. The zero-order valence-corrected chi connectivity index (χ0v) is 19.2. The predicted molar refractivity (Wildman–Crippen MR) is 134 cm³/mol. The predicted octanol–water partition coefficient (Wildman–Crippen LogP) is 4.28. The number of aromatic nitrogens is 2. The number of rotatable bonds is 6. The molecule has 5 rings (SSSR count). The first-order chi connectivity index (χ1) is 16.6. The summed E-state index contributed by atoms with van der Waals surface area (Å²) < 4.78 is 7.33. The highest BCUT2D eigenvalue weighted by atomic mass is 16.5. The van der Waals surface area contributed by atoms with Gasteiger partial charge in [0, 0.05) is 19.1 Å². The average Bonchev–Trinajstić information content (AvgIpc) is 3.20. The third kappa shape index (κ3) is 4.47. The van der Waals surface area contributed by atoms with Gasteiger partial charge in [0.25, 0.3) is 0 Å². The zero-order chi connectivity index (χ0) is 23.5. The Bertz CT molecular complexity index is 1350. The lowest BCUT2D eigenvalue weighted by molar-refractivity contribution is -0.117. The van der Waals surface area contributed by atoms with Crippen LogP contribution in [0.15, 0.2) is 77.6 Å². The number of nitrogens with zero attached hydrogens (tertiary/aromatic N) is 2. The Kier molecular flexibility index (Phi) is 6.18. The van der Waals surface area contributed by atoms with Crippen LogP contribution in [0.3, 0.4) is 0 Å². The Labute approximate surface area is 198 Å². The van der Waals surface area contributed by atoms with E-state index in [1.54, 1.807) is 7.11 Å². The number of aromatic amines is 1. The highest BCUT2D eigenvalue weighted by molar-refractivity contribution is 5.94. The van der Waals surface area contributed by atoms with Crippen LogP contribution >= 0.6 is 0 Å². The van der Waals surface area contributed by atoms with Gasteiger partial charge in [-0.25, -0.2) is 4.79 Å². The number of fused-ring (bicyclic) bond motifs is 1. The number of benzene rings is 3. The Balaban J connectivity index is 1.23. The molecule has 0 aliphatic carbocycles. The van der Waals surface area contributed by atoms with Crippen LogP contribution in [0, 0.1) is 0 Å². The highest BCUT2D eigenvalue weighted by Crippen LogP contribution is 2.31. The minimum absolute atomic E-state index is 0.0669. The number of imidazole rings is 1. The van der Waals surface area contributed by atoms with Gasteiger partial charge >= 0.3 is 5.69 Å². The number of H-pyrrole nitrogens is 1. The lowest BCUT2D eigenvalue weighted by atomic mass is 10.0. The van der Waals surface area contributed by atoms with Gasteiger partial charge in [-0.05, 0) is 48.2 Å². The number of piperidine rings is 1. The minimum Gasteiger partial charge on any atom is -0.495 e. The number of anilines is 1. The van der Waals surface area contributed by atoms with Crippen molar-refractivity contribution in [3.63, 3.8) is 0 Å². The second-order valence-electron chi connectivity index (χ2n) is 8.65. The molecule has 4 aromatic rings. The summed E-state index contributed by atoms with van der Waals surface area (Å²) in [4.78, 5) is 30.5. The van der Waals surface area contributed by atoms with Crippen LogP contribution in [-0.2, 0) is 4.79 Å². The molecule has 0 radical (unpaired) electrons. The minimum atomic E-state index is -0.0776.